The Labute approximate surface area is 132 Å². The van der Waals surface area contributed by atoms with Gasteiger partial charge in [-0.3, -0.25) is 4.79 Å². The number of alkyl halides is 2. The number of aliphatic carboxylic acids is 1. The van der Waals surface area contributed by atoms with Gasteiger partial charge in [0.2, 0.25) is 0 Å². The lowest BCUT2D eigenvalue weighted by molar-refractivity contribution is -0.136. The molecular formula is C13H7Cl2F3N2O2. The van der Waals surface area contributed by atoms with Crippen molar-refractivity contribution in [2.24, 2.45) is 0 Å². The topological polar surface area (TPSA) is 63.1 Å². The number of carboxylic acids is 1. The van der Waals surface area contributed by atoms with E-state index in [1.165, 1.54) is 0 Å². The minimum atomic E-state index is -2.96. The molecule has 1 heterocycles. The lowest BCUT2D eigenvalue weighted by Gasteiger charge is -2.10. The Morgan fingerprint density at radius 1 is 1.27 bits per heavy atom. The van der Waals surface area contributed by atoms with Gasteiger partial charge in [-0.1, -0.05) is 23.2 Å². The molecule has 1 aromatic heterocycles. The molecule has 1 aromatic carbocycles. The van der Waals surface area contributed by atoms with Gasteiger partial charge in [-0.05, 0) is 17.7 Å². The Morgan fingerprint density at radius 3 is 2.55 bits per heavy atom. The van der Waals surface area contributed by atoms with Crippen LogP contribution in [0, 0.1) is 5.82 Å². The van der Waals surface area contributed by atoms with E-state index in [9.17, 15) is 18.0 Å². The molecule has 2 rings (SSSR count). The second-order valence-electron chi connectivity index (χ2n) is 4.22. The van der Waals surface area contributed by atoms with Crippen molar-refractivity contribution in [2.45, 2.75) is 12.8 Å². The van der Waals surface area contributed by atoms with Crippen LogP contribution in [0.3, 0.4) is 0 Å². The monoisotopic (exact) mass is 350 g/mol. The number of hydrogen-bond donors (Lipinski definition) is 1. The van der Waals surface area contributed by atoms with Crippen LogP contribution in [-0.4, -0.2) is 21.0 Å². The second kappa shape index (κ2) is 6.50. The molecule has 0 bridgehead atoms. The summed E-state index contributed by atoms with van der Waals surface area (Å²) in [5.41, 5.74) is -1.11. The Balaban J connectivity index is 2.62. The number of nitrogens with zero attached hydrogens (tertiary/aromatic N) is 2. The number of carbonyl (C=O) groups is 1. The summed E-state index contributed by atoms with van der Waals surface area (Å²) >= 11 is 11.6. The molecule has 0 saturated heterocycles. The smallest absolute Gasteiger partial charge is 0.307 e. The minimum absolute atomic E-state index is 0.0945. The van der Waals surface area contributed by atoms with Crippen LogP contribution in [0.1, 0.15) is 17.7 Å². The van der Waals surface area contributed by atoms with E-state index in [4.69, 9.17) is 28.3 Å². The third kappa shape index (κ3) is 3.31. The fourth-order valence-electron chi connectivity index (χ4n) is 1.80. The number of hydrogen-bond acceptors (Lipinski definition) is 3. The van der Waals surface area contributed by atoms with E-state index in [0.717, 1.165) is 18.5 Å². The lowest BCUT2D eigenvalue weighted by Crippen LogP contribution is -2.03. The average molecular weight is 351 g/mol. The van der Waals surface area contributed by atoms with E-state index in [1.807, 2.05) is 0 Å². The van der Waals surface area contributed by atoms with Gasteiger partial charge in [-0.25, -0.2) is 23.1 Å². The van der Waals surface area contributed by atoms with Crippen LogP contribution >= 0.6 is 23.2 Å². The first kappa shape index (κ1) is 16.5. The highest BCUT2D eigenvalue weighted by molar-refractivity contribution is 6.34. The van der Waals surface area contributed by atoms with Gasteiger partial charge in [0.25, 0.3) is 6.43 Å². The number of aromatic nitrogens is 2. The molecule has 2 aromatic rings. The maximum absolute atomic E-state index is 14.0. The molecule has 0 aliphatic carbocycles. The van der Waals surface area contributed by atoms with Crippen molar-refractivity contribution in [3.8, 4) is 11.3 Å². The molecule has 0 fully saturated rings. The van der Waals surface area contributed by atoms with Gasteiger partial charge in [-0.15, -0.1) is 0 Å². The summed E-state index contributed by atoms with van der Waals surface area (Å²) in [7, 11) is 0. The zero-order valence-corrected chi connectivity index (χ0v) is 12.2. The molecule has 22 heavy (non-hydrogen) atoms. The van der Waals surface area contributed by atoms with Crippen LogP contribution in [0.15, 0.2) is 18.5 Å². The van der Waals surface area contributed by atoms with Crippen molar-refractivity contribution in [3.63, 3.8) is 0 Å². The summed E-state index contributed by atoms with van der Waals surface area (Å²) in [6.45, 7) is 0. The van der Waals surface area contributed by atoms with Crippen LogP contribution in [0.5, 0.6) is 0 Å². The summed E-state index contributed by atoms with van der Waals surface area (Å²) in [6, 6.07) is 2.00. The Hall–Kier alpha value is -1.86. The van der Waals surface area contributed by atoms with Crippen molar-refractivity contribution in [3.05, 3.63) is 45.6 Å². The molecule has 0 spiro atoms. The maximum atomic E-state index is 14.0. The van der Waals surface area contributed by atoms with Crippen molar-refractivity contribution in [1.82, 2.24) is 9.97 Å². The van der Waals surface area contributed by atoms with Gasteiger partial charge in [0.1, 0.15) is 17.8 Å². The first-order valence-electron chi connectivity index (χ1n) is 5.80. The zero-order valence-electron chi connectivity index (χ0n) is 10.7. The predicted molar refractivity (Wildman–Crippen MR) is 73.7 cm³/mol. The molecule has 0 saturated carbocycles. The Kier molecular flexibility index (Phi) is 4.87. The van der Waals surface area contributed by atoms with Gasteiger partial charge in [0.15, 0.2) is 0 Å². The third-order valence-corrected chi connectivity index (χ3v) is 3.48. The lowest BCUT2D eigenvalue weighted by atomic mass is 10.0. The second-order valence-corrected chi connectivity index (χ2v) is 5.00. The quantitative estimate of drug-likeness (QED) is 0.899. The number of benzene rings is 1. The predicted octanol–water partition coefficient (Wildman–Crippen LogP) is 4.15. The molecule has 1 N–H and O–H groups in total. The molecule has 0 amide bonds. The molecule has 116 valence electrons. The van der Waals surface area contributed by atoms with Gasteiger partial charge >= 0.3 is 5.97 Å². The largest absolute Gasteiger partial charge is 0.481 e. The fourth-order valence-corrected chi connectivity index (χ4v) is 2.30. The van der Waals surface area contributed by atoms with Crippen LogP contribution in [0.25, 0.3) is 11.3 Å². The van der Waals surface area contributed by atoms with Crippen molar-refractivity contribution >= 4 is 29.2 Å². The summed E-state index contributed by atoms with van der Waals surface area (Å²) in [6.07, 6.45) is -2.59. The zero-order chi connectivity index (χ0) is 16.4. The van der Waals surface area contributed by atoms with E-state index in [1.54, 1.807) is 0 Å². The maximum Gasteiger partial charge on any atom is 0.307 e. The van der Waals surface area contributed by atoms with E-state index in [0.29, 0.717) is 0 Å². The number of rotatable bonds is 4. The standard InChI is InChI=1S/C13H7Cl2F3N2O2/c14-7-3-8(16)6(1-5(7)2-9(21)22)11-10(15)12(13(17)18)20-4-19-11/h1,3-4,13H,2H2,(H,21,22). The molecular weight excluding hydrogens is 344 g/mol. The average Bonchev–Trinajstić information content (AvgIpc) is 2.42. The van der Waals surface area contributed by atoms with Crippen molar-refractivity contribution in [1.29, 1.82) is 0 Å². The van der Waals surface area contributed by atoms with Crippen LogP contribution in [-0.2, 0) is 11.2 Å². The molecule has 0 radical (unpaired) electrons. The first-order chi connectivity index (χ1) is 10.3. The first-order valence-corrected chi connectivity index (χ1v) is 6.55. The molecule has 0 atom stereocenters. The Bertz CT molecular complexity index is 741. The molecule has 0 unspecified atom stereocenters. The van der Waals surface area contributed by atoms with E-state index >= 15 is 0 Å². The fraction of sp³-hybridized carbons (Fsp3) is 0.154. The molecule has 0 aliphatic heterocycles. The minimum Gasteiger partial charge on any atom is -0.481 e. The molecule has 0 aliphatic rings. The summed E-state index contributed by atoms with van der Waals surface area (Å²) < 4.78 is 39.6. The van der Waals surface area contributed by atoms with Crippen LogP contribution < -0.4 is 0 Å². The van der Waals surface area contributed by atoms with E-state index in [-0.39, 0.29) is 21.8 Å². The van der Waals surface area contributed by atoms with Crippen molar-refractivity contribution < 1.29 is 23.1 Å². The summed E-state index contributed by atoms with van der Waals surface area (Å²) in [4.78, 5) is 17.8. The normalized spacial score (nSPS) is 11.0. The highest BCUT2D eigenvalue weighted by Crippen LogP contribution is 2.35. The summed E-state index contributed by atoms with van der Waals surface area (Å²) in [5, 5.41) is 8.20. The van der Waals surface area contributed by atoms with Gasteiger partial charge in [-0.2, -0.15) is 0 Å². The number of halogens is 5. The highest BCUT2D eigenvalue weighted by Gasteiger charge is 2.21. The summed E-state index contributed by atoms with van der Waals surface area (Å²) in [5.74, 6) is -2.04. The van der Waals surface area contributed by atoms with Gasteiger partial charge in [0, 0.05) is 10.6 Å². The van der Waals surface area contributed by atoms with Crippen LogP contribution in [0.4, 0.5) is 13.2 Å². The van der Waals surface area contributed by atoms with E-state index in [2.05, 4.69) is 9.97 Å². The molecule has 4 nitrogen and oxygen atoms in total. The Morgan fingerprint density at radius 2 is 1.95 bits per heavy atom. The van der Waals surface area contributed by atoms with Gasteiger partial charge in [0.05, 0.1) is 17.1 Å². The SMILES string of the molecule is O=C(O)Cc1cc(-c2ncnc(C(F)F)c2Cl)c(F)cc1Cl. The third-order valence-electron chi connectivity index (χ3n) is 2.76. The molecule has 9 heteroatoms. The van der Waals surface area contributed by atoms with E-state index < -0.39 is 35.3 Å². The van der Waals surface area contributed by atoms with Crippen LogP contribution in [0.2, 0.25) is 10.0 Å². The van der Waals surface area contributed by atoms with Crippen molar-refractivity contribution in [2.75, 3.05) is 0 Å². The van der Waals surface area contributed by atoms with Gasteiger partial charge < -0.3 is 5.11 Å². The highest BCUT2D eigenvalue weighted by atomic mass is 35.5. The number of carboxylic acid groups (broad SMARTS) is 1.